The van der Waals surface area contributed by atoms with E-state index in [1.807, 2.05) is 0 Å². The molecule has 6 nitrogen and oxygen atoms in total. The number of benzene rings is 2. The van der Waals surface area contributed by atoms with Gasteiger partial charge in [-0.1, -0.05) is 19.8 Å². The number of nitrogens with one attached hydrogen (secondary N) is 2. The summed E-state index contributed by atoms with van der Waals surface area (Å²) in [5.74, 6) is 1.72. The van der Waals surface area contributed by atoms with Gasteiger partial charge in [-0.15, -0.1) is 0 Å². The zero-order valence-electron chi connectivity index (χ0n) is 14.7. The Balaban J connectivity index is 2.03. The SMILES string of the molecule is CCCCCNC(=O)Nc1ccc(OC)c(Oc2ccc(N)cc2)c1. The van der Waals surface area contributed by atoms with Gasteiger partial charge in [0.05, 0.1) is 7.11 Å². The molecule has 0 radical (unpaired) electrons. The summed E-state index contributed by atoms with van der Waals surface area (Å²) in [4.78, 5) is 11.9. The van der Waals surface area contributed by atoms with Gasteiger partial charge in [0.15, 0.2) is 11.5 Å². The molecule has 4 N–H and O–H groups in total. The van der Waals surface area contributed by atoms with Crippen molar-refractivity contribution in [2.75, 3.05) is 24.7 Å². The minimum absolute atomic E-state index is 0.236. The number of hydrogen-bond donors (Lipinski definition) is 3. The van der Waals surface area contributed by atoms with Crippen LogP contribution in [0.25, 0.3) is 0 Å². The van der Waals surface area contributed by atoms with E-state index >= 15 is 0 Å². The predicted molar refractivity (Wildman–Crippen MR) is 100 cm³/mol. The van der Waals surface area contributed by atoms with Gasteiger partial charge in [0.25, 0.3) is 0 Å². The third kappa shape index (κ3) is 5.91. The minimum atomic E-state index is -0.236. The Bertz CT molecular complexity index is 687. The highest BCUT2D eigenvalue weighted by Crippen LogP contribution is 2.34. The first-order valence-electron chi connectivity index (χ1n) is 8.38. The summed E-state index contributed by atoms with van der Waals surface area (Å²) in [6.07, 6.45) is 3.19. The summed E-state index contributed by atoms with van der Waals surface area (Å²) >= 11 is 0. The second-order valence-corrected chi connectivity index (χ2v) is 5.62. The molecule has 2 aromatic rings. The van der Waals surface area contributed by atoms with Crippen LogP contribution in [0, 0.1) is 0 Å². The maximum Gasteiger partial charge on any atom is 0.319 e. The number of amides is 2. The van der Waals surface area contributed by atoms with Gasteiger partial charge >= 0.3 is 6.03 Å². The van der Waals surface area contributed by atoms with E-state index < -0.39 is 0 Å². The standard InChI is InChI=1S/C19H25N3O3/c1-3-4-5-12-21-19(23)22-15-8-11-17(24-2)18(13-15)25-16-9-6-14(20)7-10-16/h6-11,13H,3-5,12,20H2,1-2H3,(H2,21,22,23). The number of carbonyl (C=O) groups excluding carboxylic acids is 1. The maximum absolute atomic E-state index is 11.9. The van der Waals surface area contributed by atoms with Crippen molar-refractivity contribution in [1.29, 1.82) is 0 Å². The Hall–Kier alpha value is -2.89. The van der Waals surface area contributed by atoms with Crippen molar-refractivity contribution in [3.05, 3.63) is 42.5 Å². The summed E-state index contributed by atoms with van der Waals surface area (Å²) in [6.45, 7) is 2.78. The average molecular weight is 343 g/mol. The van der Waals surface area contributed by atoms with Crippen molar-refractivity contribution >= 4 is 17.4 Å². The Kier molecular flexibility index (Phi) is 6.95. The lowest BCUT2D eigenvalue weighted by Crippen LogP contribution is -2.29. The fraction of sp³-hybridized carbons (Fsp3) is 0.316. The molecule has 2 aromatic carbocycles. The van der Waals surface area contributed by atoms with Crippen LogP contribution in [0.2, 0.25) is 0 Å². The number of unbranched alkanes of at least 4 members (excludes halogenated alkanes) is 2. The molecule has 0 bridgehead atoms. The number of methoxy groups -OCH3 is 1. The van der Waals surface area contributed by atoms with Gasteiger partial charge in [-0.05, 0) is 42.8 Å². The van der Waals surface area contributed by atoms with Crippen LogP contribution in [0.5, 0.6) is 17.2 Å². The van der Waals surface area contributed by atoms with E-state index in [2.05, 4.69) is 17.6 Å². The summed E-state index contributed by atoms with van der Waals surface area (Å²) < 4.78 is 11.2. The molecule has 0 spiro atoms. The molecule has 134 valence electrons. The second kappa shape index (κ2) is 9.42. The normalized spacial score (nSPS) is 10.2. The van der Waals surface area contributed by atoms with Crippen molar-refractivity contribution in [1.82, 2.24) is 5.32 Å². The summed E-state index contributed by atoms with van der Waals surface area (Å²) in [5, 5.41) is 5.63. The number of nitrogens with two attached hydrogens (primary N) is 1. The van der Waals surface area contributed by atoms with Crippen LogP contribution in [0.1, 0.15) is 26.2 Å². The van der Waals surface area contributed by atoms with E-state index in [0.717, 1.165) is 19.3 Å². The molecule has 2 amide bonds. The average Bonchev–Trinajstić information content (AvgIpc) is 2.61. The number of carbonyl (C=O) groups is 1. The topological polar surface area (TPSA) is 85.6 Å². The molecule has 0 aromatic heterocycles. The maximum atomic E-state index is 11.9. The third-order valence-electron chi connectivity index (χ3n) is 3.60. The zero-order chi connectivity index (χ0) is 18.1. The van der Waals surface area contributed by atoms with E-state index in [-0.39, 0.29) is 6.03 Å². The predicted octanol–water partition coefficient (Wildman–Crippen LogP) is 4.38. The van der Waals surface area contributed by atoms with Crippen LogP contribution < -0.4 is 25.8 Å². The van der Waals surface area contributed by atoms with Crippen molar-refractivity contribution in [3.63, 3.8) is 0 Å². The molecule has 2 rings (SSSR count). The van der Waals surface area contributed by atoms with Crippen molar-refractivity contribution < 1.29 is 14.3 Å². The monoisotopic (exact) mass is 343 g/mol. The number of rotatable bonds is 8. The van der Waals surface area contributed by atoms with E-state index in [1.165, 1.54) is 0 Å². The van der Waals surface area contributed by atoms with Crippen molar-refractivity contribution in [2.45, 2.75) is 26.2 Å². The molecular weight excluding hydrogens is 318 g/mol. The van der Waals surface area contributed by atoms with Gasteiger partial charge in [0.2, 0.25) is 0 Å². The molecule has 25 heavy (non-hydrogen) atoms. The molecule has 0 saturated carbocycles. The Morgan fingerprint density at radius 2 is 1.84 bits per heavy atom. The lowest BCUT2D eigenvalue weighted by molar-refractivity contribution is 0.252. The molecular formula is C19H25N3O3. The van der Waals surface area contributed by atoms with Gasteiger partial charge in [-0.2, -0.15) is 0 Å². The second-order valence-electron chi connectivity index (χ2n) is 5.62. The zero-order valence-corrected chi connectivity index (χ0v) is 14.7. The number of anilines is 2. The highest BCUT2D eigenvalue weighted by atomic mass is 16.5. The van der Waals surface area contributed by atoms with Crippen LogP contribution in [-0.4, -0.2) is 19.7 Å². The summed E-state index contributed by atoms with van der Waals surface area (Å²) in [5.41, 5.74) is 6.97. The van der Waals surface area contributed by atoms with Gasteiger partial charge in [0, 0.05) is 24.0 Å². The smallest absolute Gasteiger partial charge is 0.319 e. The lowest BCUT2D eigenvalue weighted by Gasteiger charge is -2.13. The molecule has 0 saturated heterocycles. The molecule has 0 atom stereocenters. The van der Waals surface area contributed by atoms with Crippen LogP contribution in [0.4, 0.5) is 16.2 Å². The number of hydrogen-bond acceptors (Lipinski definition) is 4. The Morgan fingerprint density at radius 1 is 1.08 bits per heavy atom. The Labute approximate surface area is 148 Å². The quantitative estimate of drug-likeness (QED) is 0.490. The number of ether oxygens (including phenoxy) is 2. The van der Waals surface area contributed by atoms with E-state index in [9.17, 15) is 4.79 Å². The summed E-state index contributed by atoms with van der Waals surface area (Å²) in [6, 6.07) is 12.1. The van der Waals surface area contributed by atoms with Crippen LogP contribution in [0.15, 0.2) is 42.5 Å². The van der Waals surface area contributed by atoms with Gasteiger partial charge in [0.1, 0.15) is 5.75 Å². The van der Waals surface area contributed by atoms with Crippen LogP contribution in [-0.2, 0) is 0 Å². The van der Waals surface area contributed by atoms with E-state index in [0.29, 0.717) is 35.2 Å². The van der Waals surface area contributed by atoms with Crippen LogP contribution in [0.3, 0.4) is 0 Å². The van der Waals surface area contributed by atoms with E-state index in [4.69, 9.17) is 15.2 Å². The first-order valence-corrected chi connectivity index (χ1v) is 8.38. The van der Waals surface area contributed by atoms with Crippen LogP contribution >= 0.6 is 0 Å². The third-order valence-corrected chi connectivity index (χ3v) is 3.60. The molecule has 0 aliphatic heterocycles. The highest BCUT2D eigenvalue weighted by Gasteiger charge is 2.09. The van der Waals surface area contributed by atoms with Crippen molar-refractivity contribution in [3.8, 4) is 17.2 Å². The van der Waals surface area contributed by atoms with Gasteiger partial charge in [-0.3, -0.25) is 0 Å². The Morgan fingerprint density at radius 3 is 2.52 bits per heavy atom. The fourth-order valence-corrected chi connectivity index (χ4v) is 2.25. The minimum Gasteiger partial charge on any atom is -0.493 e. The van der Waals surface area contributed by atoms with Gasteiger partial charge < -0.3 is 25.8 Å². The van der Waals surface area contributed by atoms with E-state index in [1.54, 1.807) is 49.6 Å². The molecule has 6 heteroatoms. The largest absolute Gasteiger partial charge is 0.493 e. The highest BCUT2D eigenvalue weighted by molar-refractivity contribution is 5.89. The van der Waals surface area contributed by atoms with Gasteiger partial charge in [-0.25, -0.2) is 4.79 Å². The molecule has 0 heterocycles. The summed E-state index contributed by atoms with van der Waals surface area (Å²) in [7, 11) is 1.57. The molecule has 0 aliphatic carbocycles. The lowest BCUT2D eigenvalue weighted by atomic mass is 10.2. The number of urea groups is 1. The number of nitrogen functional groups attached to an aromatic ring is 1. The van der Waals surface area contributed by atoms with Crippen molar-refractivity contribution in [2.24, 2.45) is 0 Å². The first kappa shape index (κ1) is 18.4. The fourth-order valence-electron chi connectivity index (χ4n) is 2.25. The molecule has 0 unspecified atom stereocenters. The molecule has 0 fully saturated rings. The first-order chi connectivity index (χ1) is 12.1. The molecule has 0 aliphatic rings.